The third kappa shape index (κ3) is 6.33. The van der Waals surface area contributed by atoms with Crippen molar-refractivity contribution in [2.45, 2.75) is 33.7 Å². The van der Waals surface area contributed by atoms with Crippen LogP contribution in [-0.2, 0) is 11.8 Å². The van der Waals surface area contributed by atoms with Gasteiger partial charge in [0.05, 0.1) is 18.0 Å². The molecule has 0 spiro atoms. The van der Waals surface area contributed by atoms with Crippen molar-refractivity contribution in [2.24, 2.45) is 17.8 Å². The summed E-state index contributed by atoms with van der Waals surface area (Å²) in [6, 6.07) is 9.12. The molecule has 1 aromatic heterocycles. The lowest BCUT2D eigenvalue weighted by Gasteiger charge is -2.34. The van der Waals surface area contributed by atoms with Crippen molar-refractivity contribution in [3.05, 3.63) is 94.5 Å². The lowest BCUT2D eigenvalue weighted by molar-refractivity contribution is -0.113. The van der Waals surface area contributed by atoms with Crippen molar-refractivity contribution in [2.75, 3.05) is 7.05 Å². The Morgan fingerprint density at radius 2 is 1.88 bits per heavy atom. The number of ketones is 1. The lowest BCUT2D eigenvalue weighted by atomic mass is 9.91. The maximum Gasteiger partial charge on any atom is 0.155 e. The number of rotatable bonds is 9. The van der Waals surface area contributed by atoms with Crippen molar-refractivity contribution >= 4 is 28.9 Å². The number of carbonyl (C=O) groups is 1. The lowest BCUT2D eigenvalue weighted by Crippen LogP contribution is -2.30. The van der Waals surface area contributed by atoms with Gasteiger partial charge in [0.25, 0.3) is 0 Å². The number of carbonyl (C=O) groups excluding carboxylic acids is 1. The van der Waals surface area contributed by atoms with Crippen LogP contribution in [0.25, 0.3) is 0 Å². The number of halogens is 1. The van der Waals surface area contributed by atoms with E-state index in [0.29, 0.717) is 27.8 Å². The fourth-order valence-corrected chi connectivity index (χ4v) is 3.59. The molecule has 1 heterocycles. The smallest absolute Gasteiger partial charge is 0.155 e. The highest BCUT2D eigenvalue weighted by atomic mass is 35.5. The number of nitrogens with two attached hydrogens (primary N) is 1. The van der Waals surface area contributed by atoms with Gasteiger partial charge in [0, 0.05) is 42.2 Å². The molecule has 0 radical (unpaired) electrons. The molecule has 0 bridgehead atoms. The highest BCUT2D eigenvalue weighted by Crippen LogP contribution is 2.34. The zero-order valence-electron chi connectivity index (χ0n) is 20.1. The first-order valence-electron chi connectivity index (χ1n) is 10.6. The van der Waals surface area contributed by atoms with Gasteiger partial charge in [0.1, 0.15) is 0 Å². The number of hydrogen-bond donors (Lipinski definition) is 1. The predicted molar refractivity (Wildman–Crippen MR) is 138 cm³/mol. The van der Waals surface area contributed by atoms with Gasteiger partial charge < -0.3 is 10.6 Å². The first-order chi connectivity index (χ1) is 15.6. The van der Waals surface area contributed by atoms with Gasteiger partial charge in [-0.1, -0.05) is 36.4 Å². The van der Waals surface area contributed by atoms with Gasteiger partial charge in [-0.05, 0) is 63.1 Å². The van der Waals surface area contributed by atoms with Gasteiger partial charge in [0.2, 0.25) is 0 Å². The van der Waals surface area contributed by atoms with Crippen molar-refractivity contribution in [1.29, 1.82) is 0 Å². The molecule has 0 fully saturated rings. The van der Waals surface area contributed by atoms with E-state index < -0.39 is 0 Å². The minimum atomic E-state index is -0.320. The van der Waals surface area contributed by atoms with Crippen molar-refractivity contribution in [1.82, 2.24) is 14.7 Å². The SMILES string of the molecule is C=CC(=Nc1ccnn1C)C(=C(C)N)C(c1ccc(Cl)cc1)N(C)C(/C=C(/C)C(C)=O)=C/C. The van der Waals surface area contributed by atoms with Crippen LogP contribution >= 0.6 is 11.6 Å². The van der Waals surface area contributed by atoms with Crippen molar-refractivity contribution in [3.8, 4) is 0 Å². The molecule has 0 aliphatic carbocycles. The summed E-state index contributed by atoms with van der Waals surface area (Å²) in [7, 11) is 3.79. The summed E-state index contributed by atoms with van der Waals surface area (Å²) in [4.78, 5) is 18.8. The van der Waals surface area contributed by atoms with Crippen molar-refractivity contribution in [3.63, 3.8) is 0 Å². The van der Waals surface area contributed by atoms with E-state index in [2.05, 4.69) is 16.6 Å². The molecule has 0 aliphatic rings. The van der Waals surface area contributed by atoms with Crippen LogP contribution in [0.4, 0.5) is 5.82 Å². The Morgan fingerprint density at radius 3 is 2.33 bits per heavy atom. The van der Waals surface area contributed by atoms with E-state index in [1.807, 2.05) is 70.4 Å². The van der Waals surface area contributed by atoms with Gasteiger partial charge in [-0.25, -0.2) is 4.99 Å². The molecule has 6 nitrogen and oxygen atoms in total. The zero-order chi connectivity index (χ0) is 24.7. The number of likely N-dealkylation sites (N-methyl/N-ethyl adjacent to an activating group) is 1. The normalized spacial score (nSPS) is 14.6. The molecule has 1 unspecified atom stereocenters. The Morgan fingerprint density at radius 1 is 1.24 bits per heavy atom. The van der Waals surface area contributed by atoms with Crippen LogP contribution in [0.5, 0.6) is 0 Å². The Bertz CT molecular complexity index is 1130. The Balaban J connectivity index is 2.75. The second-order valence-corrected chi connectivity index (χ2v) is 8.21. The van der Waals surface area contributed by atoms with Gasteiger partial charge in [-0.15, -0.1) is 0 Å². The topological polar surface area (TPSA) is 76.5 Å². The molecule has 2 rings (SSSR count). The number of nitrogens with zero attached hydrogens (tertiary/aromatic N) is 4. The molecule has 2 aromatic rings. The standard InChI is InChI=1S/C26H32ClN5O/c1-8-22(16-17(3)19(5)33)31(6)26(20-10-12-21(27)13-11-20)25(18(4)28)23(9-2)30-24-14-15-29-32(24)7/h8-16,26H,2,28H2,1,3-7H3/b17-16-,22-8+,25-18?,30-23?. The van der Waals surface area contributed by atoms with E-state index in [9.17, 15) is 4.79 Å². The Labute approximate surface area is 201 Å². The second-order valence-electron chi connectivity index (χ2n) is 7.77. The number of Topliss-reactive ketones (excluding diaryl/α,β-unsaturated/α-hetero) is 1. The fourth-order valence-electron chi connectivity index (χ4n) is 3.46. The molecule has 1 aromatic carbocycles. The molecule has 0 amide bonds. The van der Waals surface area contributed by atoms with E-state index in [-0.39, 0.29) is 11.8 Å². The van der Waals surface area contributed by atoms with E-state index >= 15 is 0 Å². The molecule has 0 saturated heterocycles. The van der Waals surface area contributed by atoms with E-state index in [0.717, 1.165) is 16.8 Å². The zero-order valence-corrected chi connectivity index (χ0v) is 20.9. The Kier molecular flexibility index (Phi) is 9.00. The van der Waals surface area contributed by atoms with E-state index in [4.69, 9.17) is 22.3 Å². The van der Waals surface area contributed by atoms with Crippen LogP contribution in [0.3, 0.4) is 0 Å². The number of aliphatic imine (C=N–C) groups is 1. The van der Waals surface area contributed by atoms with Crippen molar-refractivity contribution < 1.29 is 4.79 Å². The molecular weight excluding hydrogens is 434 g/mol. The molecule has 174 valence electrons. The summed E-state index contributed by atoms with van der Waals surface area (Å²) < 4.78 is 1.68. The molecule has 33 heavy (non-hydrogen) atoms. The van der Waals surface area contributed by atoms with E-state index in [1.54, 1.807) is 30.8 Å². The minimum absolute atomic E-state index is 0.0149. The van der Waals surface area contributed by atoms with Crippen LogP contribution < -0.4 is 5.73 Å². The molecule has 2 N–H and O–H groups in total. The largest absolute Gasteiger partial charge is 0.402 e. The van der Waals surface area contributed by atoms with Crippen LogP contribution in [0.2, 0.25) is 5.02 Å². The molecule has 0 saturated carbocycles. The number of allylic oxidation sites excluding steroid dienone is 5. The fraction of sp³-hybridized carbons (Fsp3) is 0.269. The quantitative estimate of drug-likeness (QED) is 0.293. The number of hydrogen-bond acceptors (Lipinski definition) is 5. The summed E-state index contributed by atoms with van der Waals surface area (Å²) in [5.41, 5.74) is 11.0. The van der Waals surface area contributed by atoms with Gasteiger partial charge in [-0.2, -0.15) is 5.10 Å². The summed E-state index contributed by atoms with van der Waals surface area (Å²) in [5.74, 6) is 0.695. The molecular formula is C26H32ClN5O. The Hall–Kier alpha value is -3.38. The summed E-state index contributed by atoms with van der Waals surface area (Å²) in [6.07, 6.45) is 7.22. The predicted octanol–water partition coefficient (Wildman–Crippen LogP) is 5.68. The van der Waals surface area contributed by atoms with Crippen LogP contribution in [0.1, 0.15) is 39.3 Å². The molecule has 1 atom stereocenters. The summed E-state index contributed by atoms with van der Waals surface area (Å²) >= 11 is 6.18. The highest BCUT2D eigenvalue weighted by Gasteiger charge is 2.27. The van der Waals surface area contributed by atoms with Gasteiger partial charge in [-0.3, -0.25) is 9.48 Å². The first kappa shape index (κ1) is 25.9. The third-order valence-corrected chi connectivity index (χ3v) is 5.65. The maximum absolute atomic E-state index is 11.9. The average molecular weight is 466 g/mol. The minimum Gasteiger partial charge on any atom is -0.402 e. The number of aromatic nitrogens is 2. The maximum atomic E-state index is 11.9. The van der Waals surface area contributed by atoms with Crippen LogP contribution in [0, 0.1) is 0 Å². The van der Waals surface area contributed by atoms with Gasteiger partial charge >= 0.3 is 0 Å². The molecule has 0 aliphatic heterocycles. The molecule has 7 heteroatoms. The van der Waals surface area contributed by atoms with Gasteiger partial charge in [0.15, 0.2) is 11.6 Å². The monoisotopic (exact) mass is 465 g/mol. The summed E-state index contributed by atoms with van der Waals surface area (Å²) in [5, 5.41) is 4.84. The second kappa shape index (κ2) is 11.5. The number of aryl methyl sites for hydroxylation is 1. The van der Waals surface area contributed by atoms with E-state index in [1.165, 1.54) is 0 Å². The van der Waals surface area contributed by atoms with Crippen LogP contribution in [0.15, 0.2) is 88.9 Å². The summed E-state index contributed by atoms with van der Waals surface area (Å²) in [6.45, 7) is 11.1. The highest BCUT2D eigenvalue weighted by molar-refractivity contribution is 6.30. The first-order valence-corrected chi connectivity index (χ1v) is 11.0. The number of benzene rings is 1. The third-order valence-electron chi connectivity index (χ3n) is 5.39. The average Bonchev–Trinajstić information content (AvgIpc) is 3.18. The van der Waals surface area contributed by atoms with Crippen LogP contribution in [-0.4, -0.2) is 33.2 Å².